The minimum atomic E-state index is -4.35. The number of aromatic nitrogens is 1. The molecule has 35 heavy (non-hydrogen) atoms. The van der Waals surface area contributed by atoms with Gasteiger partial charge in [-0.05, 0) is 12.3 Å². The van der Waals surface area contributed by atoms with Crippen molar-refractivity contribution in [2.75, 3.05) is 20.2 Å². The Kier molecular flexibility index (Phi) is 3.77. The summed E-state index contributed by atoms with van der Waals surface area (Å²) in [5.74, 6) is -2.00. The molecule has 10 aliphatic heterocycles. The molecule has 2 aromatic rings. The molecule has 1 spiro atoms. The summed E-state index contributed by atoms with van der Waals surface area (Å²) in [6, 6.07) is -0.431. The Bertz CT molecular complexity index is 1490. The number of ether oxygens (including phenoxy) is 1. The summed E-state index contributed by atoms with van der Waals surface area (Å²) >= 11 is 6.48. The number of halogens is 1. The number of nitrogens with zero attached hydrogens (tertiary/aromatic N) is 2. The summed E-state index contributed by atoms with van der Waals surface area (Å²) in [7, 11) is -7.16. The van der Waals surface area contributed by atoms with Gasteiger partial charge in [-0.2, -0.15) is 4.57 Å². The Hall–Kier alpha value is -2.04. The van der Waals surface area contributed by atoms with Gasteiger partial charge in [0.15, 0.2) is 16.7 Å². The van der Waals surface area contributed by atoms with Crippen molar-refractivity contribution in [3.63, 3.8) is 0 Å². The summed E-state index contributed by atoms with van der Waals surface area (Å²) in [5, 5.41) is 11.8. The molecule has 6 atom stereocenters. The predicted molar refractivity (Wildman–Crippen MR) is 118 cm³/mol. The minimum absolute atomic E-state index is 0.00327. The zero-order valence-electron chi connectivity index (χ0n) is 18.0. The van der Waals surface area contributed by atoms with Gasteiger partial charge in [0.2, 0.25) is 23.0 Å². The molecule has 4 fully saturated rings. The molecule has 10 aliphatic rings. The van der Waals surface area contributed by atoms with Crippen LogP contribution < -0.4 is 22.8 Å². The number of phosphoric acid groups is 2. The monoisotopic (exact) mass is 542 g/mol. The van der Waals surface area contributed by atoms with E-state index in [1.807, 2.05) is 11.0 Å². The number of piperidine rings is 3. The molecule has 0 radical (unpaired) electrons. The fourth-order valence-electron chi connectivity index (χ4n) is 6.27. The van der Waals surface area contributed by atoms with Gasteiger partial charge in [-0.3, -0.25) is 4.90 Å². The third-order valence-electron chi connectivity index (χ3n) is 7.64. The quantitative estimate of drug-likeness (QED) is 0.334. The van der Waals surface area contributed by atoms with E-state index in [4.69, 9.17) is 43.5 Å². The van der Waals surface area contributed by atoms with Crippen molar-refractivity contribution >= 4 is 38.1 Å². The van der Waals surface area contributed by atoms with Crippen LogP contribution in [0.2, 0.25) is 5.15 Å². The topological polar surface area (TPSA) is 135 Å². The molecular formula is C20H17ClN2O10P2. The van der Waals surface area contributed by atoms with Crippen molar-refractivity contribution in [1.29, 1.82) is 0 Å². The summed E-state index contributed by atoms with van der Waals surface area (Å²) in [4.78, 5) is 6.33. The molecule has 1 aromatic carbocycles. The fourth-order valence-corrected chi connectivity index (χ4v) is 9.48. The predicted octanol–water partition coefficient (Wildman–Crippen LogP) is 3.95. The highest BCUT2D eigenvalue weighted by Gasteiger charge is 2.70. The van der Waals surface area contributed by atoms with Crippen LogP contribution in [0.3, 0.4) is 0 Å². The van der Waals surface area contributed by atoms with Crippen molar-refractivity contribution in [3.05, 3.63) is 23.4 Å². The second-order valence-corrected chi connectivity index (χ2v) is 12.6. The van der Waals surface area contributed by atoms with Crippen molar-refractivity contribution in [3.8, 4) is 28.7 Å². The number of benzene rings is 1. The Balaban J connectivity index is 1.49. The summed E-state index contributed by atoms with van der Waals surface area (Å²) in [5.41, 5.74) is 0.253. The maximum absolute atomic E-state index is 13.6. The molecule has 1 N–H and O–H groups in total. The molecule has 12 rings (SSSR count). The van der Waals surface area contributed by atoms with Crippen LogP contribution >= 0.6 is 27.2 Å². The van der Waals surface area contributed by atoms with Crippen molar-refractivity contribution in [2.24, 2.45) is 11.8 Å². The van der Waals surface area contributed by atoms with Gasteiger partial charge in [-0.15, -0.1) is 6.58 Å². The van der Waals surface area contributed by atoms with E-state index in [0.29, 0.717) is 13.0 Å². The van der Waals surface area contributed by atoms with Crippen molar-refractivity contribution in [1.82, 2.24) is 9.88 Å². The van der Waals surface area contributed by atoms with Gasteiger partial charge >= 0.3 is 15.6 Å². The molecule has 0 amide bonds. The smallest absolute Gasteiger partial charge is 0.490 e. The first kappa shape index (κ1) is 21.1. The van der Waals surface area contributed by atoms with Crippen LogP contribution in [0.15, 0.2) is 12.7 Å². The van der Waals surface area contributed by atoms with Crippen LogP contribution in [0.5, 0.6) is 28.7 Å². The lowest BCUT2D eigenvalue weighted by Crippen LogP contribution is -2.71. The first-order valence-corrected chi connectivity index (χ1v) is 14.2. The average Bonchev–Trinajstić information content (AvgIpc) is 2.84. The first-order chi connectivity index (χ1) is 16.7. The van der Waals surface area contributed by atoms with Crippen LogP contribution in [0.4, 0.5) is 0 Å². The third kappa shape index (κ3) is 2.42. The van der Waals surface area contributed by atoms with E-state index in [1.165, 1.54) is 7.11 Å². The summed E-state index contributed by atoms with van der Waals surface area (Å²) < 4.78 is 67.2. The van der Waals surface area contributed by atoms with Gasteiger partial charge in [-0.25, -0.2) is 18.6 Å². The number of aliphatic hydroxyl groups is 1. The maximum atomic E-state index is 13.6. The van der Waals surface area contributed by atoms with Gasteiger partial charge in [0.1, 0.15) is 5.52 Å². The molecule has 0 saturated carbocycles. The molecule has 0 aliphatic carbocycles. The molecular weight excluding hydrogens is 526 g/mol. The molecule has 12 nitrogen and oxygen atoms in total. The highest BCUT2D eigenvalue weighted by molar-refractivity contribution is 7.50. The Labute approximate surface area is 202 Å². The van der Waals surface area contributed by atoms with Crippen LogP contribution in [-0.4, -0.2) is 47.0 Å². The Morgan fingerprint density at radius 1 is 1.17 bits per heavy atom. The van der Waals surface area contributed by atoms with Gasteiger partial charge < -0.3 is 27.9 Å². The van der Waals surface area contributed by atoms with E-state index in [9.17, 15) is 14.2 Å². The second-order valence-electron chi connectivity index (χ2n) is 9.33. The lowest BCUT2D eigenvalue weighted by Gasteiger charge is -2.62. The number of fused-ring (bicyclic) bond motifs is 3. The van der Waals surface area contributed by atoms with Crippen LogP contribution in [0.1, 0.15) is 18.1 Å². The van der Waals surface area contributed by atoms with E-state index in [0.717, 1.165) is 0 Å². The van der Waals surface area contributed by atoms with Gasteiger partial charge in [0.25, 0.3) is 0 Å². The normalized spacial score (nSPS) is 42.9. The van der Waals surface area contributed by atoms with Crippen molar-refractivity contribution < 1.29 is 46.1 Å². The minimum Gasteiger partial charge on any atom is -0.490 e. The number of phosphoric ester groups is 2. The molecule has 3 unspecified atom stereocenters. The van der Waals surface area contributed by atoms with Gasteiger partial charge in [0, 0.05) is 24.1 Å². The van der Waals surface area contributed by atoms with E-state index in [-0.39, 0.29) is 68.7 Å². The zero-order valence-corrected chi connectivity index (χ0v) is 20.5. The van der Waals surface area contributed by atoms with Gasteiger partial charge in [0.05, 0.1) is 25.1 Å². The average molecular weight is 543 g/mol. The lowest BCUT2D eigenvalue weighted by atomic mass is 9.70. The van der Waals surface area contributed by atoms with Crippen molar-refractivity contribution in [2.45, 2.75) is 24.4 Å². The van der Waals surface area contributed by atoms with Crippen LogP contribution in [0, 0.1) is 11.8 Å². The number of pyridine rings is 1. The van der Waals surface area contributed by atoms with Crippen LogP contribution in [0.25, 0.3) is 10.9 Å². The molecule has 184 valence electrons. The van der Waals surface area contributed by atoms with Gasteiger partial charge in [-0.1, -0.05) is 17.7 Å². The SMILES string of the molecule is C=C[C@H]1CN2CC34OP(=O)(Oc5c6c(OC)c7c8c(c(c(Cl)nc58)OP(=O)(O6)O7)[C@@H](O)[C@@H]2CC13)O4. The van der Waals surface area contributed by atoms with Crippen LogP contribution in [-0.2, 0) is 18.2 Å². The number of aliphatic hydroxyl groups excluding tert-OH is 1. The van der Waals surface area contributed by atoms with E-state index in [1.54, 1.807) is 0 Å². The maximum Gasteiger partial charge on any atom is 0.647 e. The summed E-state index contributed by atoms with van der Waals surface area (Å²) in [6.45, 7) is 4.77. The number of rotatable bonds is 2. The molecule has 11 heterocycles. The van der Waals surface area contributed by atoms with E-state index < -0.39 is 33.6 Å². The zero-order chi connectivity index (χ0) is 24.1. The molecule has 13 bridgehead atoms. The lowest BCUT2D eigenvalue weighted by molar-refractivity contribution is -0.305. The fraction of sp³-hybridized carbons (Fsp3) is 0.450. The van der Waals surface area contributed by atoms with E-state index in [2.05, 4.69) is 11.6 Å². The molecule has 15 heteroatoms. The Morgan fingerprint density at radius 2 is 1.89 bits per heavy atom. The molecule has 1 aromatic heterocycles. The number of hydrogen-bond acceptors (Lipinski definition) is 12. The molecule has 4 saturated heterocycles. The second kappa shape index (κ2) is 6.26. The van der Waals surface area contributed by atoms with E-state index >= 15 is 0 Å². The Morgan fingerprint density at radius 3 is 2.60 bits per heavy atom. The highest BCUT2D eigenvalue weighted by atomic mass is 35.5. The largest absolute Gasteiger partial charge is 0.647 e. The first-order valence-electron chi connectivity index (χ1n) is 10.9. The third-order valence-corrected chi connectivity index (χ3v) is 10.6. The summed E-state index contributed by atoms with van der Waals surface area (Å²) in [6.07, 6.45) is 1.05. The standard InChI is InChI=1S/C20H17ClN2O10P2/c1-3-7-5-23-6-20-8(7)4-9(23)13(24)11-10-12-16(30-35(26,32-20)33-20)18-17(27-2)14(10)28-34(25,31-18)29-15(11)19(21)22-12/h3,7-9,13,24H,1,4-6H2,2H3/t7-,8?,9-,13-,20?,34?,35?/m0/s1. The highest BCUT2D eigenvalue weighted by Crippen LogP contribution is 2.75. The number of methoxy groups -OCH3 is 1. The number of hydrogen-bond donors (Lipinski definition) is 1.